The van der Waals surface area contributed by atoms with Crippen LogP contribution in [0.2, 0.25) is 5.02 Å². The van der Waals surface area contributed by atoms with E-state index in [0.29, 0.717) is 5.02 Å². The fourth-order valence-corrected chi connectivity index (χ4v) is 2.90. The van der Waals surface area contributed by atoms with Crippen molar-refractivity contribution in [2.75, 3.05) is 0 Å². The highest BCUT2D eigenvalue weighted by atomic mass is 127. The SMILES string of the molecule is NNC(Cc1ccc(I)cc1)c1cccc(Br)c1Cl. The molecule has 0 aliphatic carbocycles. The highest BCUT2D eigenvalue weighted by molar-refractivity contribution is 14.1. The number of hydrogen-bond acceptors (Lipinski definition) is 2. The zero-order valence-corrected chi connectivity index (χ0v) is 14.5. The molecule has 5 heteroatoms. The summed E-state index contributed by atoms with van der Waals surface area (Å²) in [4.78, 5) is 0. The topological polar surface area (TPSA) is 38.0 Å². The van der Waals surface area contributed by atoms with E-state index in [4.69, 9.17) is 17.4 Å². The summed E-state index contributed by atoms with van der Waals surface area (Å²) in [5.74, 6) is 5.68. The van der Waals surface area contributed by atoms with Gasteiger partial charge in [-0.15, -0.1) is 0 Å². The molecule has 0 heterocycles. The van der Waals surface area contributed by atoms with E-state index in [1.807, 2.05) is 18.2 Å². The number of hydrazine groups is 1. The fraction of sp³-hybridized carbons (Fsp3) is 0.143. The molecule has 0 radical (unpaired) electrons. The molecule has 0 aliphatic rings. The smallest absolute Gasteiger partial charge is 0.0596 e. The Morgan fingerprint density at radius 1 is 1.21 bits per heavy atom. The van der Waals surface area contributed by atoms with Gasteiger partial charge in [-0.2, -0.15) is 0 Å². The molecule has 3 N–H and O–H groups in total. The zero-order chi connectivity index (χ0) is 13.8. The summed E-state index contributed by atoms with van der Waals surface area (Å²) in [6, 6.07) is 14.3. The van der Waals surface area contributed by atoms with Crippen molar-refractivity contribution in [1.82, 2.24) is 5.43 Å². The Balaban J connectivity index is 2.25. The van der Waals surface area contributed by atoms with E-state index in [1.54, 1.807) is 0 Å². The van der Waals surface area contributed by atoms with Crippen molar-refractivity contribution in [2.45, 2.75) is 12.5 Å². The summed E-state index contributed by atoms with van der Waals surface area (Å²) in [7, 11) is 0. The van der Waals surface area contributed by atoms with Gasteiger partial charge in [0.15, 0.2) is 0 Å². The number of halogens is 3. The molecule has 2 nitrogen and oxygen atoms in total. The maximum absolute atomic E-state index is 6.31. The molecule has 2 aromatic carbocycles. The molecular weight excluding hydrogens is 438 g/mol. The van der Waals surface area contributed by atoms with Crippen LogP contribution in [-0.2, 0) is 6.42 Å². The number of nitrogens with two attached hydrogens (primary N) is 1. The third-order valence-corrected chi connectivity index (χ3v) is 4.94. The Morgan fingerprint density at radius 3 is 2.53 bits per heavy atom. The van der Waals surface area contributed by atoms with Crippen LogP contribution in [0.3, 0.4) is 0 Å². The van der Waals surface area contributed by atoms with E-state index in [-0.39, 0.29) is 6.04 Å². The molecule has 0 aromatic heterocycles. The average molecular weight is 452 g/mol. The van der Waals surface area contributed by atoms with E-state index in [2.05, 4.69) is 68.2 Å². The maximum Gasteiger partial charge on any atom is 0.0596 e. The van der Waals surface area contributed by atoms with Gasteiger partial charge in [0.1, 0.15) is 0 Å². The first-order chi connectivity index (χ1) is 9.11. The number of hydrogen-bond donors (Lipinski definition) is 2. The summed E-state index contributed by atoms with van der Waals surface area (Å²) in [5, 5.41) is 0.705. The maximum atomic E-state index is 6.31. The average Bonchev–Trinajstić information content (AvgIpc) is 2.42. The molecule has 0 saturated carbocycles. The molecule has 0 amide bonds. The van der Waals surface area contributed by atoms with Gasteiger partial charge in [0, 0.05) is 8.04 Å². The lowest BCUT2D eigenvalue weighted by atomic mass is 9.99. The Labute approximate surface area is 140 Å². The normalized spacial score (nSPS) is 12.4. The molecule has 0 spiro atoms. The largest absolute Gasteiger partial charge is 0.271 e. The molecule has 0 bridgehead atoms. The van der Waals surface area contributed by atoms with Crippen LogP contribution in [-0.4, -0.2) is 0 Å². The monoisotopic (exact) mass is 450 g/mol. The standard InChI is InChI=1S/C14H13BrClIN2/c15-12-3-1-2-11(14(12)16)13(19-18)8-9-4-6-10(17)7-5-9/h1-7,13,19H,8,18H2. The minimum Gasteiger partial charge on any atom is -0.271 e. The molecule has 0 saturated heterocycles. The highest BCUT2D eigenvalue weighted by Gasteiger charge is 2.15. The molecule has 1 atom stereocenters. The van der Waals surface area contributed by atoms with Crippen LogP contribution in [0.4, 0.5) is 0 Å². The van der Waals surface area contributed by atoms with Crippen molar-refractivity contribution in [1.29, 1.82) is 0 Å². The Kier molecular flexibility index (Phi) is 5.65. The van der Waals surface area contributed by atoms with Crippen molar-refractivity contribution in [3.63, 3.8) is 0 Å². The molecule has 0 fully saturated rings. The highest BCUT2D eigenvalue weighted by Crippen LogP contribution is 2.31. The van der Waals surface area contributed by atoms with E-state index in [0.717, 1.165) is 16.5 Å². The van der Waals surface area contributed by atoms with E-state index >= 15 is 0 Å². The zero-order valence-electron chi connectivity index (χ0n) is 10.0. The second-order valence-corrected chi connectivity index (χ2v) is 6.67. The summed E-state index contributed by atoms with van der Waals surface area (Å²) < 4.78 is 2.11. The van der Waals surface area contributed by atoms with Gasteiger partial charge in [0.05, 0.1) is 11.1 Å². The van der Waals surface area contributed by atoms with Gasteiger partial charge in [-0.1, -0.05) is 35.9 Å². The predicted molar refractivity (Wildman–Crippen MR) is 92.1 cm³/mol. The Morgan fingerprint density at radius 2 is 1.89 bits per heavy atom. The van der Waals surface area contributed by atoms with E-state index < -0.39 is 0 Å². The van der Waals surface area contributed by atoms with Gasteiger partial charge < -0.3 is 0 Å². The number of benzene rings is 2. The Hall–Kier alpha value is -0.140. The fourth-order valence-electron chi connectivity index (χ4n) is 1.90. The van der Waals surface area contributed by atoms with Crippen LogP contribution >= 0.6 is 50.1 Å². The van der Waals surface area contributed by atoms with Gasteiger partial charge in [-0.3, -0.25) is 11.3 Å². The molecule has 0 aliphatic heterocycles. The quantitative estimate of drug-likeness (QED) is 0.409. The van der Waals surface area contributed by atoms with Gasteiger partial charge in [-0.25, -0.2) is 0 Å². The summed E-state index contributed by atoms with van der Waals surface area (Å²) >= 11 is 12.0. The van der Waals surface area contributed by atoms with Crippen LogP contribution < -0.4 is 11.3 Å². The van der Waals surface area contributed by atoms with Crippen molar-refractivity contribution >= 4 is 50.1 Å². The molecule has 19 heavy (non-hydrogen) atoms. The second kappa shape index (κ2) is 7.04. The van der Waals surface area contributed by atoms with Crippen LogP contribution in [0, 0.1) is 3.57 Å². The van der Waals surface area contributed by atoms with E-state index in [1.165, 1.54) is 9.13 Å². The van der Waals surface area contributed by atoms with Gasteiger partial charge in [0.2, 0.25) is 0 Å². The molecule has 2 aromatic rings. The van der Waals surface area contributed by atoms with Crippen molar-refractivity contribution < 1.29 is 0 Å². The summed E-state index contributed by atoms with van der Waals surface area (Å²) in [6.07, 6.45) is 0.795. The van der Waals surface area contributed by atoms with Gasteiger partial charge in [-0.05, 0) is 74.3 Å². The van der Waals surface area contributed by atoms with Crippen molar-refractivity contribution in [3.05, 3.63) is 66.7 Å². The number of rotatable bonds is 4. The van der Waals surface area contributed by atoms with Crippen LogP contribution in [0.5, 0.6) is 0 Å². The minimum absolute atomic E-state index is 0.00920. The van der Waals surface area contributed by atoms with Crippen LogP contribution in [0.1, 0.15) is 17.2 Å². The first-order valence-corrected chi connectivity index (χ1v) is 8.01. The number of nitrogens with one attached hydrogen (secondary N) is 1. The van der Waals surface area contributed by atoms with E-state index in [9.17, 15) is 0 Å². The molecule has 2 rings (SSSR count). The lowest BCUT2D eigenvalue weighted by Crippen LogP contribution is -2.29. The minimum atomic E-state index is -0.00920. The second-order valence-electron chi connectivity index (χ2n) is 4.19. The summed E-state index contributed by atoms with van der Waals surface area (Å²) in [5.41, 5.74) is 5.06. The van der Waals surface area contributed by atoms with Gasteiger partial charge >= 0.3 is 0 Å². The van der Waals surface area contributed by atoms with Crippen molar-refractivity contribution in [3.8, 4) is 0 Å². The summed E-state index contributed by atoms with van der Waals surface area (Å²) in [6.45, 7) is 0. The predicted octanol–water partition coefficient (Wildman–Crippen LogP) is 4.45. The third-order valence-electron chi connectivity index (χ3n) is 2.91. The first-order valence-electron chi connectivity index (χ1n) is 5.76. The van der Waals surface area contributed by atoms with Crippen molar-refractivity contribution in [2.24, 2.45) is 5.84 Å². The van der Waals surface area contributed by atoms with Gasteiger partial charge in [0.25, 0.3) is 0 Å². The molecular formula is C14H13BrClIN2. The molecule has 100 valence electrons. The lowest BCUT2D eigenvalue weighted by molar-refractivity contribution is 0.552. The van der Waals surface area contributed by atoms with Crippen LogP contribution in [0.15, 0.2) is 46.9 Å². The third kappa shape index (κ3) is 3.92. The molecule has 1 unspecified atom stereocenters. The lowest BCUT2D eigenvalue weighted by Gasteiger charge is -2.18. The first kappa shape index (κ1) is 15.3. The van der Waals surface area contributed by atoms with Crippen LogP contribution in [0.25, 0.3) is 0 Å². The Bertz CT molecular complexity index is 560.